The van der Waals surface area contributed by atoms with Crippen molar-refractivity contribution in [2.75, 3.05) is 6.54 Å². The minimum absolute atomic E-state index is 0.101. The van der Waals surface area contributed by atoms with Crippen LogP contribution in [0.5, 0.6) is 0 Å². The molecule has 0 fully saturated rings. The number of hydrogen-bond donors (Lipinski definition) is 0. The van der Waals surface area contributed by atoms with E-state index in [2.05, 4.69) is 17.4 Å². The Bertz CT molecular complexity index is 752. The van der Waals surface area contributed by atoms with E-state index in [4.69, 9.17) is 8.92 Å². The third kappa shape index (κ3) is 3.65. The predicted octanol–water partition coefficient (Wildman–Crippen LogP) is 4.87. The second-order valence-electron chi connectivity index (χ2n) is 7.53. The number of hydrogen-bond acceptors (Lipinski definition) is 5. The van der Waals surface area contributed by atoms with Crippen molar-refractivity contribution in [1.82, 2.24) is 4.90 Å². The molecule has 2 aliphatic heterocycles. The Morgan fingerprint density at radius 3 is 2.69 bits per heavy atom. The van der Waals surface area contributed by atoms with Gasteiger partial charge in [0.2, 0.25) is 12.2 Å². The van der Waals surface area contributed by atoms with Gasteiger partial charge in [-0.2, -0.15) is 4.40 Å². The summed E-state index contributed by atoms with van der Waals surface area (Å²) in [7, 11) is 0. The molecule has 5 nitrogen and oxygen atoms in total. The Morgan fingerprint density at radius 2 is 2.08 bits per heavy atom. The minimum Gasteiger partial charge on any atom is -0.444 e. The van der Waals surface area contributed by atoms with Crippen LogP contribution in [0.25, 0.3) is 0 Å². The lowest BCUT2D eigenvalue weighted by Crippen LogP contribution is -2.55. The van der Waals surface area contributed by atoms with E-state index >= 15 is 0 Å². The van der Waals surface area contributed by atoms with E-state index in [9.17, 15) is 4.79 Å². The first-order valence-electron chi connectivity index (χ1n) is 8.61. The van der Waals surface area contributed by atoms with Gasteiger partial charge in [0.25, 0.3) is 0 Å². The topological polar surface area (TPSA) is 51.1 Å². The second kappa shape index (κ2) is 7.19. The molecule has 3 rings (SSSR count). The highest BCUT2D eigenvalue weighted by Crippen LogP contribution is 2.43. The van der Waals surface area contributed by atoms with Gasteiger partial charge in [0, 0.05) is 24.3 Å². The summed E-state index contributed by atoms with van der Waals surface area (Å²) in [5.41, 5.74) is 0.769. The van der Waals surface area contributed by atoms with Gasteiger partial charge in [-0.25, -0.2) is 4.79 Å². The molecule has 1 amide bonds. The second-order valence-corrected chi connectivity index (χ2v) is 8.09. The third-order valence-corrected chi connectivity index (χ3v) is 4.96. The fraction of sp³-hybridized carbons (Fsp3) is 0.400. The molecule has 2 unspecified atom stereocenters. The van der Waals surface area contributed by atoms with Gasteiger partial charge in [0.1, 0.15) is 11.9 Å². The normalized spacial score (nSPS) is 25.5. The van der Waals surface area contributed by atoms with Crippen molar-refractivity contribution in [2.24, 2.45) is 10.3 Å². The molecule has 0 spiro atoms. The van der Waals surface area contributed by atoms with Crippen LogP contribution in [0, 0.1) is 5.92 Å². The highest BCUT2D eigenvalue weighted by Gasteiger charge is 2.47. The zero-order valence-electron chi connectivity index (χ0n) is 15.5. The van der Waals surface area contributed by atoms with Crippen molar-refractivity contribution < 1.29 is 13.7 Å². The maximum Gasteiger partial charge on any atom is 0.411 e. The van der Waals surface area contributed by atoms with E-state index in [0.29, 0.717) is 6.54 Å². The number of benzene rings is 1. The molecule has 0 bridgehead atoms. The summed E-state index contributed by atoms with van der Waals surface area (Å²) in [5.74, 6) is -0.101. The first-order chi connectivity index (χ1) is 12.3. The molecular formula is C20H24N2O3S. The summed E-state index contributed by atoms with van der Waals surface area (Å²) in [6.07, 6.45) is 7.28. The molecular weight excluding hydrogens is 348 g/mol. The molecule has 26 heavy (non-hydrogen) atoms. The van der Waals surface area contributed by atoms with Crippen molar-refractivity contribution in [2.45, 2.75) is 38.8 Å². The van der Waals surface area contributed by atoms with Gasteiger partial charge >= 0.3 is 6.09 Å². The smallest absolute Gasteiger partial charge is 0.411 e. The number of amides is 1. The summed E-state index contributed by atoms with van der Waals surface area (Å²) in [6, 6.07) is 10.0. The van der Waals surface area contributed by atoms with Crippen molar-refractivity contribution in [3.05, 3.63) is 59.9 Å². The van der Waals surface area contributed by atoms with E-state index in [1.54, 1.807) is 17.4 Å². The number of carbonyl (C=O) groups excluding carboxylic acids is 1. The Labute approximate surface area is 159 Å². The summed E-state index contributed by atoms with van der Waals surface area (Å²) >= 11 is 1.04. The summed E-state index contributed by atoms with van der Waals surface area (Å²) in [5, 5.41) is 0. The largest absolute Gasteiger partial charge is 0.444 e. The average molecular weight is 372 g/mol. The lowest BCUT2D eigenvalue weighted by Gasteiger charge is -2.48. The Kier molecular flexibility index (Phi) is 5.14. The van der Waals surface area contributed by atoms with Gasteiger partial charge in [-0.05, 0) is 33.3 Å². The zero-order chi connectivity index (χ0) is 18.8. The lowest BCUT2D eigenvalue weighted by molar-refractivity contribution is -0.00646. The Balaban J connectivity index is 2.06. The molecule has 0 radical (unpaired) electrons. The predicted molar refractivity (Wildman–Crippen MR) is 105 cm³/mol. The lowest BCUT2D eigenvalue weighted by atomic mass is 9.73. The average Bonchev–Trinajstić information content (AvgIpc) is 2.62. The van der Waals surface area contributed by atoms with Gasteiger partial charge in [-0.15, -0.1) is 0 Å². The standard InChI is InChI=1S/C20H24N2O3S/c1-19(2,3)25-18(23)22-12-8-11-17(15-13-21-26-24-14-15)20(22,4)16-9-6-5-7-10-16/h5-11,13-14,17H,12H2,1-4H3. The van der Waals surface area contributed by atoms with E-state index in [1.165, 1.54) is 0 Å². The van der Waals surface area contributed by atoms with Crippen LogP contribution in [0.4, 0.5) is 4.79 Å². The van der Waals surface area contributed by atoms with Crippen molar-refractivity contribution in [3.63, 3.8) is 0 Å². The molecule has 2 aliphatic rings. The molecule has 2 atom stereocenters. The molecule has 138 valence electrons. The molecule has 1 aromatic carbocycles. The van der Waals surface area contributed by atoms with Gasteiger partial charge < -0.3 is 8.92 Å². The van der Waals surface area contributed by atoms with Crippen LogP contribution in [0.1, 0.15) is 33.3 Å². The van der Waals surface area contributed by atoms with E-state index in [0.717, 1.165) is 23.4 Å². The van der Waals surface area contributed by atoms with Crippen LogP contribution in [0.15, 0.2) is 58.7 Å². The molecule has 0 N–H and O–H groups in total. The maximum atomic E-state index is 13.0. The van der Waals surface area contributed by atoms with E-state index in [-0.39, 0.29) is 12.0 Å². The Hall–Kier alpha value is -2.21. The van der Waals surface area contributed by atoms with Crippen LogP contribution < -0.4 is 0 Å². The third-order valence-electron chi connectivity index (χ3n) is 4.59. The van der Waals surface area contributed by atoms with E-state index in [1.807, 2.05) is 57.2 Å². The minimum atomic E-state index is -0.623. The van der Waals surface area contributed by atoms with Crippen molar-refractivity contribution in [1.29, 1.82) is 0 Å². The molecule has 2 heterocycles. The monoisotopic (exact) mass is 372 g/mol. The fourth-order valence-electron chi connectivity index (χ4n) is 3.34. The molecule has 6 heteroatoms. The zero-order valence-corrected chi connectivity index (χ0v) is 16.3. The van der Waals surface area contributed by atoms with Gasteiger partial charge in [0.15, 0.2) is 0 Å². The number of ether oxygens (including phenoxy) is 1. The molecule has 0 aliphatic carbocycles. The first kappa shape index (κ1) is 18.6. The van der Waals surface area contributed by atoms with Crippen molar-refractivity contribution in [3.8, 4) is 0 Å². The maximum absolute atomic E-state index is 13.0. The number of nitrogens with zero attached hydrogens (tertiary/aromatic N) is 2. The van der Waals surface area contributed by atoms with Gasteiger partial charge in [0.05, 0.1) is 5.54 Å². The first-order valence-corrected chi connectivity index (χ1v) is 9.31. The Morgan fingerprint density at radius 1 is 1.35 bits per heavy atom. The highest BCUT2D eigenvalue weighted by molar-refractivity contribution is 7.93. The number of carbonyl (C=O) groups is 1. The molecule has 0 saturated heterocycles. The molecule has 0 saturated carbocycles. The van der Waals surface area contributed by atoms with Crippen LogP contribution in [0.3, 0.4) is 0 Å². The van der Waals surface area contributed by atoms with Crippen molar-refractivity contribution >= 4 is 24.5 Å². The fourth-order valence-corrected chi connectivity index (χ4v) is 3.71. The van der Waals surface area contributed by atoms with Crippen LogP contribution >= 0.6 is 12.2 Å². The summed E-state index contributed by atoms with van der Waals surface area (Å²) in [4.78, 5) is 14.8. The van der Waals surface area contributed by atoms with E-state index < -0.39 is 11.1 Å². The molecule has 1 aromatic rings. The quantitative estimate of drug-likeness (QED) is 0.422. The highest BCUT2D eigenvalue weighted by atomic mass is 32.2. The SMILES string of the molecule is CC(C)(C)OC(=O)N1CC=CC(C2=COSN=C2)C1(C)c1ccccc1. The van der Waals surface area contributed by atoms with Crippen LogP contribution in [0.2, 0.25) is 0 Å². The number of rotatable bonds is 2. The van der Waals surface area contributed by atoms with Gasteiger partial charge in [-0.1, -0.05) is 42.5 Å². The summed E-state index contributed by atoms with van der Waals surface area (Å²) in [6.45, 7) is 8.18. The summed E-state index contributed by atoms with van der Waals surface area (Å²) < 4.78 is 15.2. The molecule has 0 aromatic heterocycles. The van der Waals surface area contributed by atoms with Gasteiger partial charge in [-0.3, -0.25) is 4.90 Å². The van der Waals surface area contributed by atoms with Crippen LogP contribution in [-0.2, 0) is 14.5 Å². The van der Waals surface area contributed by atoms with Crippen LogP contribution in [-0.4, -0.2) is 29.4 Å².